The summed E-state index contributed by atoms with van der Waals surface area (Å²) in [6.45, 7) is 0. The maximum Gasteiger partial charge on any atom is 0.238 e. The van der Waals surface area contributed by atoms with Crippen molar-refractivity contribution < 1.29 is 4.74 Å². The maximum atomic E-state index is 5.77. The summed E-state index contributed by atoms with van der Waals surface area (Å²) in [5.41, 5.74) is 5.58. The fourth-order valence-corrected chi connectivity index (χ4v) is 1.45. The van der Waals surface area contributed by atoms with Gasteiger partial charge in [-0.15, -0.1) is 0 Å². The van der Waals surface area contributed by atoms with E-state index in [1.165, 1.54) is 18.7 Å². The first kappa shape index (κ1) is 11.1. The summed E-state index contributed by atoms with van der Waals surface area (Å²) in [6.07, 6.45) is 4.35. The Morgan fingerprint density at radius 3 is 2.88 bits per heavy atom. The van der Waals surface area contributed by atoms with Crippen LogP contribution < -0.4 is 10.5 Å². The Morgan fingerprint density at radius 1 is 1.31 bits per heavy atom. The number of ether oxygens (including phenoxy) is 1. The van der Waals surface area contributed by atoms with Crippen molar-refractivity contribution in [3.05, 3.63) is 34.3 Å². The van der Waals surface area contributed by atoms with Gasteiger partial charge in [-0.25, -0.2) is 9.97 Å². The Bertz CT molecular complexity index is 523. The monoisotopic (exact) mass is 300 g/mol. The van der Waals surface area contributed by atoms with E-state index in [2.05, 4.69) is 30.9 Å². The Morgan fingerprint density at radius 2 is 2.12 bits per heavy atom. The standard InChI is InChI=1S/C9H6BrClN4O/c10-7-8(12)14-4-15-9(7)16-6-1-5(11)2-13-3-6/h1-4H,(H2,12,14,15). The van der Waals surface area contributed by atoms with E-state index in [9.17, 15) is 0 Å². The van der Waals surface area contributed by atoms with E-state index in [1.54, 1.807) is 6.07 Å². The number of hydrogen-bond acceptors (Lipinski definition) is 5. The van der Waals surface area contributed by atoms with Crippen LogP contribution in [0.1, 0.15) is 0 Å². The highest BCUT2D eigenvalue weighted by atomic mass is 79.9. The van der Waals surface area contributed by atoms with Crippen LogP contribution in [0.2, 0.25) is 5.02 Å². The summed E-state index contributed by atoms with van der Waals surface area (Å²) in [7, 11) is 0. The number of anilines is 1. The molecule has 0 aliphatic carbocycles. The fraction of sp³-hybridized carbons (Fsp3) is 0. The molecule has 7 heteroatoms. The molecule has 2 heterocycles. The van der Waals surface area contributed by atoms with Crippen molar-refractivity contribution in [3.8, 4) is 11.6 Å². The molecule has 0 saturated heterocycles. The number of nitrogen functional groups attached to an aromatic ring is 1. The summed E-state index contributed by atoms with van der Waals surface area (Å²) in [5, 5.41) is 0.482. The van der Waals surface area contributed by atoms with Crippen molar-refractivity contribution in [2.45, 2.75) is 0 Å². The zero-order chi connectivity index (χ0) is 11.5. The van der Waals surface area contributed by atoms with E-state index >= 15 is 0 Å². The van der Waals surface area contributed by atoms with E-state index in [0.29, 0.717) is 26.9 Å². The Kier molecular flexibility index (Phi) is 3.21. The van der Waals surface area contributed by atoms with Gasteiger partial charge in [0.1, 0.15) is 22.4 Å². The van der Waals surface area contributed by atoms with Crippen molar-refractivity contribution in [1.82, 2.24) is 15.0 Å². The van der Waals surface area contributed by atoms with Gasteiger partial charge in [0.2, 0.25) is 5.88 Å². The van der Waals surface area contributed by atoms with Gasteiger partial charge in [0.15, 0.2) is 0 Å². The highest BCUT2D eigenvalue weighted by Gasteiger charge is 2.08. The van der Waals surface area contributed by atoms with Gasteiger partial charge in [0, 0.05) is 12.3 Å². The van der Waals surface area contributed by atoms with Crippen LogP contribution in [0.3, 0.4) is 0 Å². The molecule has 0 aromatic carbocycles. The molecule has 0 unspecified atom stereocenters. The second-order valence-corrected chi connectivity index (χ2v) is 4.05. The Balaban J connectivity index is 2.31. The van der Waals surface area contributed by atoms with Crippen LogP contribution in [0.5, 0.6) is 11.6 Å². The van der Waals surface area contributed by atoms with Crippen LogP contribution in [0.25, 0.3) is 0 Å². The summed E-state index contributed by atoms with van der Waals surface area (Å²) >= 11 is 9.00. The lowest BCUT2D eigenvalue weighted by Gasteiger charge is -2.06. The van der Waals surface area contributed by atoms with E-state index < -0.39 is 0 Å². The minimum Gasteiger partial charge on any atom is -0.436 e. The summed E-state index contributed by atoms with van der Waals surface area (Å²) < 4.78 is 5.94. The van der Waals surface area contributed by atoms with Crippen LogP contribution in [0, 0.1) is 0 Å². The predicted molar refractivity (Wildman–Crippen MR) is 63.5 cm³/mol. The van der Waals surface area contributed by atoms with Gasteiger partial charge in [-0.3, -0.25) is 4.98 Å². The first-order chi connectivity index (χ1) is 7.66. The molecule has 2 aromatic heterocycles. The number of hydrogen-bond donors (Lipinski definition) is 1. The molecule has 0 spiro atoms. The number of halogens is 2. The smallest absolute Gasteiger partial charge is 0.238 e. The first-order valence-electron chi connectivity index (χ1n) is 4.21. The molecule has 82 valence electrons. The Hall–Kier alpha value is -1.40. The van der Waals surface area contributed by atoms with Gasteiger partial charge in [0.05, 0.1) is 11.2 Å². The molecular weight excluding hydrogens is 295 g/mol. The van der Waals surface area contributed by atoms with Gasteiger partial charge in [-0.2, -0.15) is 0 Å². The number of pyridine rings is 1. The predicted octanol–water partition coefficient (Wildman–Crippen LogP) is 2.66. The highest BCUT2D eigenvalue weighted by molar-refractivity contribution is 9.10. The third-order valence-electron chi connectivity index (χ3n) is 1.68. The van der Waals surface area contributed by atoms with E-state index in [-0.39, 0.29) is 0 Å². The highest BCUT2D eigenvalue weighted by Crippen LogP contribution is 2.30. The van der Waals surface area contributed by atoms with Gasteiger partial charge in [-0.05, 0) is 15.9 Å². The zero-order valence-corrected chi connectivity index (χ0v) is 10.2. The molecule has 2 N–H and O–H groups in total. The molecular formula is C9H6BrClN4O. The van der Waals surface area contributed by atoms with Crippen LogP contribution >= 0.6 is 27.5 Å². The molecule has 2 aromatic rings. The average molecular weight is 302 g/mol. The minimum atomic E-state index is 0.306. The number of nitrogens with two attached hydrogens (primary N) is 1. The lowest BCUT2D eigenvalue weighted by atomic mass is 10.4. The fourth-order valence-electron chi connectivity index (χ4n) is 0.997. The molecule has 0 atom stereocenters. The van der Waals surface area contributed by atoms with Crippen molar-refractivity contribution in [1.29, 1.82) is 0 Å². The van der Waals surface area contributed by atoms with E-state index in [4.69, 9.17) is 22.1 Å². The van der Waals surface area contributed by atoms with Crippen molar-refractivity contribution in [2.24, 2.45) is 0 Å². The second-order valence-electron chi connectivity index (χ2n) is 2.82. The summed E-state index contributed by atoms with van der Waals surface area (Å²) in [4.78, 5) is 11.6. The molecule has 0 radical (unpaired) electrons. The normalized spacial score (nSPS) is 10.1. The maximum absolute atomic E-state index is 5.77. The average Bonchev–Trinajstić information content (AvgIpc) is 2.25. The van der Waals surface area contributed by atoms with E-state index in [1.807, 2.05) is 0 Å². The molecule has 0 aliphatic rings. The zero-order valence-electron chi connectivity index (χ0n) is 7.89. The van der Waals surface area contributed by atoms with Crippen LogP contribution in [-0.2, 0) is 0 Å². The number of nitrogens with zero attached hydrogens (tertiary/aromatic N) is 3. The molecule has 0 saturated carbocycles. The van der Waals surface area contributed by atoms with Crippen molar-refractivity contribution in [2.75, 3.05) is 5.73 Å². The second kappa shape index (κ2) is 4.63. The van der Waals surface area contributed by atoms with Gasteiger partial charge >= 0.3 is 0 Å². The van der Waals surface area contributed by atoms with Gasteiger partial charge in [-0.1, -0.05) is 11.6 Å². The largest absolute Gasteiger partial charge is 0.436 e. The molecule has 2 rings (SSSR count). The summed E-state index contributed by atoms with van der Waals surface area (Å²) in [6, 6.07) is 1.62. The molecule has 0 aliphatic heterocycles. The quantitative estimate of drug-likeness (QED) is 0.923. The lowest BCUT2D eigenvalue weighted by molar-refractivity contribution is 0.456. The van der Waals surface area contributed by atoms with Gasteiger partial charge < -0.3 is 10.5 Å². The molecule has 16 heavy (non-hydrogen) atoms. The Labute approximate surface area is 105 Å². The van der Waals surface area contributed by atoms with Crippen molar-refractivity contribution in [3.63, 3.8) is 0 Å². The SMILES string of the molecule is Nc1ncnc(Oc2cncc(Cl)c2)c1Br. The molecule has 5 nitrogen and oxygen atoms in total. The number of aromatic nitrogens is 3. The van der Waals surface area contributed by atoms with Crippen LogP contribution in [0.4, 0.5) is 5.82 Å². The van der Waals surface area contributed by atoms with Crippen molar-refractivity contribution >= 4 is 33.3 Å². The molecule has 0 bridgehead atoms. The van der Waals surface area contributed by atoms with E-state index in [0.717, 1.165) is 0 Å². The first-order valence-corrected chi connectivity index (χ1v) is 5.38. The molecule has 0 amide bonds. The third-order valence-corrected chi connectivity index (χ3v) is 2.63. The van der Waals surface area contributed by atoms with Crippen LogP contribution in [0.15, 0.2) is 29.3 Å². The minimum absolute atomic E-state index is 0.306. The lowest BCUT2D eigenvalue weighted by Crippen LogP contribution is -1.96. The van der Waals surface area contributed by atoms with Crippen LogP contribution in [-0.4, -0.2) is 15.0 Å². The number of rotatable bonds is 2. The van der Waals surface area contributed by atoms with Gasteiger partial charge in [0.25, 0.3) is 0 Å². The topological polar surface area (TPSA) is 73.9 Å². The molecule has 0 fully saturated rings. The summed E-state index contributed by atoms with van der Waals surface area (Å²) in [5.74, 6) is 1.10. The third kappa shape index (κ3) is 2.40.